The molecule has 1 saturated carbocycles. The van der Waals surface area contributed by atoms with Crippen molar-refractivity contribution < 1.29 is 0 Å². The topological polar surface area (TPSA) is 24.9 Å². The summed E-state index contributed by atoms with van der Waals surface area (Å²) in [6.45, 7) is 7.51. The molecular weight excluding hydrogens is 268 g/mol. The summed E-state index contributed by atoms with van der Waals surface area (Å²) in [7, 11) is 0. The van der Waals surface area contributed by atoms with E-state index < -0.39 is 0 Å². The second kappa shape index (κ2) is 5.01. The van der Waals surface area contributed by atoms with E-state index in [-0.39, 0.29) is 5.41 Å². The molecule has 0 aliphatic heterocycles. The van der Waals surface area contributed by atoms with Crippen molar-refractivity contribution in [3.8, 4) is 0 Å². The van der Waals surface area contributed by atoms with Gasteiger partial charge in [0.05, 0.1) is 5.52 Å². The van der Waals surface area contributed by atoms with Crippen LogP contribution in [0.1, 0.15) is 44.9 Å². The molecule has 0 radical (unpaired) electrons. The summed E-state index contributed by atoms with van der Waals surface area (Å²) in [5.74, 6) is 0. The Morgan fingerprint density at radius 1 is 1.25 bits per heavy atom. The molecule has 2 nitrogen and oxygen atoms in total. The normalized spacial score (nSPS) is 15.8. The fraction of sp³-hybridized carbons (Fsp3) is 0.471. The Kier molecular flexibility index (Phi) is 3.47. The summed E-state index contributed by atoms with van der Waals surface area (Å²) in [6.07, 6.45) is 2.60. The van der Waals surface area contributed by atoms with Gasteiger partial charge in [-0.1, -0.05) is 32.4 Å². The lowest BCUT2D eigenvalue weighted by Crippen LogP contribution is -2.18. The van der Waals surface area contributed by atoms with Gasteiger partial charge in [0.25, 0.3) is 0 Å². The van der Waals surface area contributed by atoms with Crippen LogP contribution >= 0.6 is 11.6 Å². The fourth-order valence-electron chi connectivity index (χ4n) is 2.34. The minimum atomic E-state index is 0.0577. The Morgan fingerprint density at radius 2 is 2.00 bits per heavy atom. The number of nitrogens with one attached hydrogen (secondary N) is 1. The zero-order valence-corrected chi connectivity index (χ0v) is 13.1. The lowest BCUT2D eigenvalue weighted by Gasteiger charge is -2.20. The van der Waals surface area contributed by atoms with Crippen LogP contribution in [0, 0.1) is 0 Å². The first kappa shape index (κ1) is 13.8. The third kappa shape index (κ3) is 2.97. The minimum absolute atomic E-state index is 0.0577. The molecule has 1 aliphatic rings. The number of pyridine rings is 1. The molecule has 1 aromatic carbocycles. The molecule has 3 rings (SSSR count). The van der Waals surface area contributed by atoms with Gasteiger partial charge in [0.15, 0.2) is 0 Å². The van der Waals surface area contributed by atoms with E-state index in [4.69, 9.17) is 16.6 Å². The first-order valence-corrected chi connectivity index (χ1v) is 7.64. The highest BCUT2D eigenvalue weighted by molar-refractivity contribution is 6.31. The second-order valence-electron chi connectivity index (χ2n) is 6.73. The predicted octanol–water partition coefficient (Wildman–Crippen LogP) is 4.44. The number of rotatable bonds is 3. The maximum absolute atomic E-state index is 6.15. The van der Waals surface area contributed by atoms with Crippen molar-refractivity contribution in [1.29, 1.82) is 0 Å². The summed E-state index contributed by atoms with van der Waals surface area (Å²) < 4.78 is 0. The van der Waals surface area contributed by atoms with Crippen LogP contribution in [-0.2, 0) is 12.0 Å². The van der Waals surface area contributed by atoms with Crippen molar-refractivity contribution in [2.24, 2.45) is 0 Å². The maximum atomic E-state index is 6.15. The SMILES string of the molecule is CC(C)(C)c1cc(CNC2CC2)c2cc(Cl)ccc2n1. The Bertz CT molecular complexity index is 639. The Balaban J connectivity index is 2.08. The number of halogens is 1. The molecule has 0 spiro atoms. The number of hydrogen-bond donors (Lipinski definition) is 1. The standard InChI is InChI=1S/C17H21ClN2/c1-17(2,3)16-8-11(10-19-13-5-6-13)14-9-12(18)4-7-15(14)20-16/h4,7-9,13,19H,5-6,10H2,1-3H3. The Morgan fingerprint density at radius 3 is 2.65 bits per heavy atom. The molecule has 0 amide bonds. The monoisotopic (exact) mass is 288 g/mol. The first-order chi connectivity index (χ1) is 9.43. The van der Waals surface area contributed by atoms with Gasteiger partial charge in [-0.05, 0) is 42.7 Å². The molecule has 1 aliphatic carbocycles. The maximum Gasteiger partial charge on any atom is 0.0709 e. The molecule has 3 heteroatoms. The number of hydrogen-bond acceptors (Lipinski definition) is 2. The van der Waals surface area contributed by atoms with E-state index in [1.807, 2.05) is 18.2 Å². The third-order valence-electron chi connectivity index (χ3n) is 3.78. The van der Waals surface area contributed by atoms with Gasteiger partial charge in [-0.15, -0.1) is 0 Å². The molecule has 1 heterocycles. The summed E-state index contributed by atoms with van der Waals surface area (Å²) >= 11 is 6.15. The van der Waals surface area contributed by atoms with E-state index in [9.17, 15) is 0 Å². The second-order valence-corrected chi connectivity index (χ2v) is 7.17. The Hall–Kier alpha value is -1.12. The molecule has 2 aromatic rings. The zero-order valence-electron chi connectivity index (χ0n) is 12.3. The van der Waals surface area contributed by atoms with Crippen LogP contribution < -0.4 is 5.32 Å². The van der Waals surface area contributed by atoms with E-state index in [0.29, 0.717) is 6.04 Å². The highest BCUT2D eigenvalue weighted by Gasteiger charge is 2.22. The molecule has 1 N–H and O–H groups in total. The van der Waals surface area contributed by atoms with Crippen molar-refractivity contribution in [3.05, 3.63) is 40.5 Å². The lowest BCUT2D eigenvalue weighted by molar-refractivity contribution is 0.569. The predicted molar refractivity (Wildman–Crippen MR) is 85.3 cm³/mol. The smallest absolute Gasteiger partial charge is 0.0709 e. The molecule has 0 unspecified atom stereocenters. The van der Waals surface area contributed by atoms with Gasteiger partial charge in [0, 0.05) is 34.1 Å². The molecule has 0 bridgehead atoms. The van der Waals surface area contributed by atoms with E-state index in [1.165, 1.54) is 23.8 Å². The summed E-state index contributed by atoms with van der Waals surface area (Å²) in [5.41, 5.74) is 3.53. The summed E-state index contributed by atoms with van der Waals surface area (Å²) in [6, 6.07) is 8.90. The van der Waals surface area contributed by atoms with Gasteiger partial charge >= 0.3 is 0 Å². The average molecular weight is 289 g/mol. The zero-order chi connectivity index (χ0) is 14.3. The number of benzene rings is 1. The average Bonchev–Trinajstić information content (AvgIpc) is 3.18. The van der Waals surface area contributed by atoms with Gasteiger partial charge in [0.1, 0.15) is 0 Å². The molecule has 20 heavy (non-hydrogen) atoms. The van der Waals surface area contributed by atoms with E-state index in [0.717, 1.165) is 22.8 Å². The van der Waals surface area contributed by atoms with E-state index in [2.05, 4.69) is 32.2 Å². The van der Waals surface area contributed by atoms with Gasteiger partial charge < -0.3 is 5.32 Å². The van der Waals surface area contributed by atoms with Gasteiger partial charge in [-0.25, -0.2) is 0 Å². The number of nitrogens with zero attached hydrogens (tertiary/aromatic N) is 1. The molecule has 1 aromatic heterocycles. The van der Waals surface area contributed by atoms with Crippen LogP contribution in [0.4, 0.5) is 0 Å². The number of fused-ring (bicyclic) bond motifs is 1. The minimum Gasteiger partial charge on any atom is -0.310 e. The largest absolute Gasteiger partial charge is 0.310 e. The summed E-state index contributed by atoms with van der Waals surface area (Å²) in [5, 5.41) is 5.53. The lowest BCUT2D eigenvalue weighted by atomic mass is 9.90. The Labute approximate surface area is 125 Å². The highest BCUT2D eigenvalue weighted by atomic mass is 35.5. The van der Waals surface area contributed by atoms with Crippen LogP contribution in [0.15, 0.2) is 24.3 Å². The quantitative estimate of drug-likeness (QED) is 0.903. The third-order valence-corrected chi connectivity index (χ3v) is 4.02. The van der Waals surface area contributed by atoms with Crippen LogP contribution in [0.5, 0.6) is 0 Å². The summed E-state index contributed by atoms with van der Waals surface area (Å²) in [4.78, 5) is 4.80. The molecular formula is C17H21ClN2. The van der Waals surface area contributed by atoms with Gasteiger partial charge in [-0.2, -0.15) is 0 Å². The van der Waals surface area contributed by atoms with Crippen LogP contribution in [-0.4, -0.2) is 11.0 Å². The van der Waals surface area contributed by atoms with Crippen molar-refractivity contribution in [2.75, 3.05) is 0 Å². The van der Waals surface area contributed by atoms with Crippen LogP contribution in [0.3, 0.4) is 0 Å². The van der Waals surface area contributed by atoms with Crippen LogP contribution in [0.25, 0.3) is 10.9 Å². The van der Waals surface area contributed by atoms with Gasteiger partial charge in [0.2, 0.25) is 0 Å². The van der Waals surface area contributed by atoms with Gasteiger partial charge in [-0.3, -0.25) is 4.98 Å². The van der Waals surface area contributed by atoms with E-state index >= 15 is 0 Å². The first-order valence-electron chi connectivity index (χ1n) is 7.26. The van der Waals surface area contributed by atoms with Crippen molar-refractivity contribution in [1.82, 2.24) is 10.3 Å². The van der Waals surface area contributed by atoms with Crippen molar-refractivity contribution in [2.45, 2.75) is 51.6 Å². The molecule has 0 saturated heterocycles. The van der Waals surface area contributed by atoms with Crippen molar-refractivity contribution >= 4 is 22.5 Å². The van der Waals surface area contributed by atoms with Crippen LogP contribution in [0.2, 0.25) is 5.02 Å². The highest BCUT2D eigenvalue weighted by Crippen LogP contribution is 2.28. The molecule has 0 atom stereocenters. The molecule has 106 valence electrons. The van der Waals surface area contributed by atoms with E-state index in [1.54, 1.807) is 0 Å². The fourth-order valence-corrected chi connectivity index (χ4v) is 2.51. The molecule has 1 fully saturated rings. The van der Waals surface area contributed by atoms with Crippen molar-refractivity contribution in [3.63, 3.8) is 0 Å². The number of aromatic nitrogens is 1.